The van der Waals surface area contributed by atoms with Crippen LogP contribution < -0.4 is 5.32 Å². The molecule has 0 aliphatic carbocycles. The minimum atomic E-state index is -0.196. The van der Waals surface area contributed by atoms with Gasteiger partial charge in [-0.25, -0.2) is 4.39 Å². The number of hydrogen-bond acceptors (Lipinski definition) is 1. The molecule has 100 valence electrons. The van der Waals surface area contributed by atoms with Crippen molar-refractivity contribution in [2.45, 2.75) is 19.9 Å². The summed E-state index contributed by atoms with van der Waals surface area (Å²) in [4.78, 5) is 0. The fraction of sp³-hybridized carbons (Fsp3) is 0.250. The molecule has 0 saturated heterocycles. The molecule has 1 nitrogen and oxygen atoms in total. The van der Waals surface area contributed by atoms with Gasteiger partial charge in [-0.1, -0.05) is 41.9 Å². The lowest BCUT2D eigenvalue weighted by Crippen LogP contribution is -2.19. The normalized spacial score (nSPS) is 12.5. The van der Waals surface area contributed by atoms with Crippen molar-refractivity contribution < 1.29 is 4.39 Å². The number of benzene rings is 2. The van der Waals surface area contributed by atoms with Gasteiger partial charge >= 0.3 is 0 Å². The third-order valence-corrected chi connectivity index (χ3v) is 3.76. The molecule has 0 radical (unpaired) electrons. The fourth-order valence-corrected chi connectivity index (χ4v) is 2.37. The quantitative estimate of drug-likeness (QED) is 0.876. The Balaban J connectivity index is 2.50. The van der Waals surface area contributed by atoms with Gasteiger partial charge < -0.3 is 5.32 Å². The maximum absolute atomic E-state index is 14.2. The van der Waals surface area contributed by atoms with Crippen molar-refractivity contribution in [3.8, 4) is 0 Å². The van der Waals surface area contributed by atoms with Crippen molar-refractivity contribution >= 4 is 11.6 Å². The number of aryl methyl sites for hydroxylation is 2. The number of hydrogen-bond donors (Lipinski definition) is 1. The van der Waals surface area contributed by atoms with Gasteiger partial charge in [-0.3, -0.25) is 0 Å². The molecule has 0 fully saturated rings. The smallest absolute Gasteiger partial charge is 0.131 e. The summed E-state index contributed by atoms with van der Waals surface area (Å²) in [6.07, 6.45) is 0. The standard InChI is InChI=1S/C16H17ClFN/c1-10-7-8-12(9-14(10)17)16(19-3)13-6-4-5-11(2)15(13)18/h4-9,16,19H,1-3H3. The maximum Gasteiger partial charge on any atom is 0.131 e. The molecule has 0 saturated carbocycles. The molecule has 0 amide bonds. The molecule has 0 aliphatic heterocycles. The molecule has 0 spiro atoms. The van der Waals surface area contributed by atoms with Gasteiger partial charge in [-0.15, -0.1) is 0 Å². The first kappa shape index (κ1) is 14.0. The number of halogens is 2. The minimum absolute atomic E-state index is 0.168. The molecule has 0 heterocycles. The van der Waals surface area contributed by atoms with Gasteiger partial charge in [0.2, 0.25) is 0 Å². The van der Waals surface area contributed by atoms with Crippen LogP contribution in [-0.4, -0.2) is 7.05 Å². The molecule has 1 atom stereocenters. The summed E-state index contributed by atoms with van der Waals surface area (Å²) in [5.41, 5.74) is 3.27. The van der Waals surface area contributed by atoms with E-state index in [1.165, 1.54) is 0 Å². The van der Waals surface area contributed by atoms with Gasteiger partial charge in [0.25, 0.3) is 0 Å². The molecule has 0 aromatic heterocycles. The molecule has 2 rings (SSSR count). The second kappa shape index (κ2) is 5.72. The summed E-state index contributed by atoms with van der Waals surface area (Å²) in [5.74, 6) is -0.168. The lowest BCUT2D eigenvalue weighted by Gasteiger charge is -2.19. The molecular formula is C16H17ClFN. The first-order valence-electron chi connectivity index (χ1n) is 6.23. The van der Waals surface area contributed by atoms with Crippen molar-refractivity contribution in [2.24, 2.45) is 0 Å². The van der Waals surface area contributed by atoms with Crippen LogP contribution >= 0.6 is 11.6 Å². The van der Waals surface area contributed by atoms with Crippen LogP contribution in [0, 0.1) is 19.7 Å². The van der Waals surface area contributed by atoms with E-state index < -0.39 is 0 Å². The Morgan fingerprint density at radius 2 is 1.84 bits per heavy atom. The van der Waals surface area contributed by atoms with Crippen LogP contribution in [0.3, 0.4) is 0 Å². The topological polar surface area (TPSA) is 12.0 Å². The minimum Gasteiger partial charge on any atom is -0.309 e. The largest absolute Gasteiger partial charge is 0.309 e. The highest BCUT2D eigenvalue weighted by Gasteiger charge is 2.17. The van der Waals surface area contributed by atoms with Crippen molar-refractivity contribution in [1.82, 2.24) is 5.32 Å². The van der Waals surface area contributed by atoms with E-state index in [2.05, 4.69) is 5.32 Å². The molecule has 2 aromatic rings. The van der Waals surface area contributed by atoms with Gasteiger partial charge in [0.1, 0.15) is 5.82 Å². The highest BCUT2D eigenvalue weighted by Crippen LogP contribution is 2.28. The maximum atomic E-state index is 14.2. The second-order valence-corrected chi connectivity index (χ2v) is 5.12. The summed E-state index contributed by atoms with van der Waals surface area (Å²) in [7, 11) is 1.82. The summed E-state index contributed by atoms with van der Waals surface area (Å²) in [6.45, 7) is 3.72. The zero-order chi connectivity index (χ0) is 14.0. The summed E-state index contributed by atoms with van der Waals surface area (Å²) < 4.78 is 14.2. The molecule has 19 heavy (non-hydrogen) atoms. The lowest BCUT2D eigenvalue weighted by atomic mass is 9.96. The van der Waals surface area contributed by atoms with Crippen molar-refractivity contribution in [3.05, 3.63) is 69.5 Å². The average molecular weight is 278 g/mol. The van der Waals surface area contributed by atoms with Crippen molar-refractivity contribution in [1.29, 1.82) is 0 Å². The molecule has 2 aromatic carbocycles. The predicted molar refractivity (Wildman–Crippen MR) is 78.2 cm³/mol. The van der Waals surface area contributed by atoms with Crippen LogP contribution in [0.4, 0.5) is 4.39 Å². The molecule has 3 heteroatoms. The summed E-state index contributed by atoms with van der Waals surface area (Å²) in [6, 6.07) is 11.1. The summed E-state index contributed by atoms with van der Waals surface area (Å²) >= 11 is 6.15. The first-order chi connectivity index (χ1) is 9.04. The van der Waals surface area contributed by atoms with Gasteiger partial charge in [0.05, 0.1) is 6.04 Å². The van der Waals surface area contributed by atoms with E-state index in [1.807, 2.05) is 38.2 Å². The third-order valence-electron chi connectivity index (χ3n) is 3.35. The predicted octanol–water partition coefficient (Wildman–Crippen LogP) is 4.40. The van der Waals surface area contributed by atoms with Gasteiger partial charge in [0.15, 0.2) is 0 Å². The van der Waals surface area contributed by atoms with Gasteiger partial charge in [-0.2, -0.15) is 0 Å². The van der Waals surface area contributed by atoms with E-state index in [-0.39, 0.29) is 11.9 Å². The van der Waals surface area contributed by atoms with Gasteiger partial charge in [0, 0.05) is 10.6 Å². The Kier molecular flexibility index (Phi) is 4.23. The Morgan fingerprint density at radius 3 is 2.47 bits per heavy atom. The fourth-order valence-electron chi connectivity index (χ4n) is 2.18. The monoisotopic (exact) mass is 277 g/mol. The van der Waals surface area contributed by atoms with E-state index in [4.69, 9.17) is 11.6 Å². The van der Waals surface area contributed by atoms with Gasteiger partial charge in [-0.05, 0) is 43.7 Å². The molecule has 1 unspecified atom stereocenters. The van der Waals surface area contributed by atoms with Crippen molar-refractivity contribution in [2.75, 3.05) is 7.05 Å². The van der Waals surface area contributed by atoms with E-state index >= 15 is 0 Å². The molecule has 1 N–H and O–H groups in total. The number of rotatable bonds is 3. The molecule has 0 aliphatic rings. The SMILES string of the molecule is CNC(c1ccc(C)c(Cl)c1)c1cccc(C)c1F. The second-order valence-electron chi connectivity index (χ2n) is 4.71. The number of nitrogens with one attached hydrogen (secondary N) is 1. The Labute approximate surface area is 118 Å². The third kappa shape index (κ3) is 2.80. The van der Waals surface area contributed by atoms with Crippen LogP contribution in [0.5, 0.6) is 0 Å². The average Bonchev–Trinajstić information content (AvgIpc) is 2.39. The zero-order valence-corrected chi connectivity index (χ0v) is 12.1. The van der Waals surface area contributed by atoms with E-state index in [0.29, 0.717) is 16.1 Å². The summed E-state index contributed by atoms with van der Waals surface area (Å²) in [5, 5.41) is 3.85. The van der Waals surface area contributed by atoms with Crippen molar-refractivity contribution in [3.63, 3.8) is 0 Å². The first-order valence-corrected chi connectivity index (χ1v) is 6.60. The molecule has 0 bridgehead atoms. The highest BCUT2D eigenvalue weighted by molar-refractivity contribution is 6.31. The Hall–Kier alpha value is -1.38. The highest BCUT2D eigenvalue weighted by atomic mass is 35.5. The van der Waals surface area contributed by atoms with Crippen LogP contribution in [0.2, 0.25) is 5.02 Å². The Morgan fingerprint density at radius 1 is 1.11 bits per heavy atom. The van der Waals surface area contributed by atoms with E-state index in [9.17, 15) is 4.39 Å². The zero-order valence-electron chi connectivity index (χ0n) is 11.3. The van der Waals surface area contributed by atoms with E-state index in [1.54, 1.807) is 19.1 Å². The van der Waals surface area contributed by atoms with Crippen LogP contribution in [0.25, 0.3) is 0 Å². The molecular weight excluding hydrogens is 261 g/mol. The lowest BCUT2D eigenvalue weighted by molar-refractivity contribution is 0.569. The van der Waals surface area contributed by atoms with E-state index in [0.717, 1.165) is 11.1 Å². The van der Waals surface area contributed by atoms with Crippen LogP contribution in [0.15, 0.2) is 36.4 Å². The van der Waals surface area contributed by atoms with Crippen LogP contribution in [0.1, 0.15) is 28.3 Å². The van der Waals surface area contributed by atoms with Crippen LogP contribution in [-0.2, 0) is 0 Å². The Bertz CT molecular complexity index is 595.